The van der Waals surface area contributed by atoms with Gasteiger partial charge in [0.05, 0.1) is 12.3 Å². The van der Waals surface area contributed by atoms with Crippen LogP contribution in [0, 0.1) is 12.7 Å². The molecule has 0 fully saturated rings. The number of benzene rings is 3. The van der Waals surface area contributed by atoms with Crippen molar-refractivity contribution in [3.05, 3.63) is 114 Å². The second kappa shape index (κ2) is 11.9. The second-order valence-electron chi connectivity index (χ2n) is 7.52. The molecule has 3 nitrogen and oxygen atoms in total. The van der Waals surface area contributed by atoms with Crippen molar-refractivity contribution in [2.45, 2.75) is 34.3 Å². The van der Waals surface area contributed by atoms with Gasteiger partial charge in [-0.1, -0.05) is 62.9 Å². The molecule has 34 heavy (non-hydrogen) atoms. The van der Waals surface area contributed by atoms with Gasteiger partial charge < -0.3 is 14.0 Å². The number of nitrogens with zero attached hydrogens (tertiary/aromatic N) is 1. The smallest absolute Gasteiger partial charge is 0.129 e. The lowest BCUT2D eigenvalue weighted by Crippen LogP contribution is -2.03. The van der Waals surface area contributed by atoms with E-state index in [0.717, 1.165) is 28.2 Å². The third-order valence-corrected chi connectivity index (χ3v) is 5.28. The Hall–Kier alpha value is -3.79. The Kier molecular flexibility index (Phi) is 8.69. The van der Waals surface area contributed by atoms with Crippen LogP contribution in [-0.2, 0) is 11.3 Å². The number of hydrogen-bond acceptors (Lipinski definition) is 2. The van der Waals surface area contributed by atoms with Crippen molar-refractivity contribution >= 4 is 5.76 Å². The topological polar surface area (TPSA) is 23.4 Å². The lowest BCUT2D eigenvalue weighted by atomic mass is 10.1. The molecule has 0 aliphatic carbocycles. The van der Waals surface area contributed by atoms with Gasteiger partial charge in [0.15, 0.2) is 0 Å². The van der Waals surface area contributed by atoms with Crippen molar-refractivity contribution in [1.82, 2.24) is 4.57 Å². The van der Waals surface area contributed by atoms with E-state index in [1.807, 2.05) is 94.4 Å². The molecule has 0 N–H and O–H groups in total. The summed E-state index contributed by atoms with van der Waals surface area (Å²) >= 11 is 0. The third-order valence-electron chi connectivity index (χ3n) is 5.28. The average molecular weight is 458 g/mol. The molecule has 0 unspecified atom stereocenters. The standard InChI is InChI=1S/C28H26FNO2.C2H6/c1-4-31-21(3)23-11-8-12-25(17-23)30-20(2)13-15-27(30)26-18-24(29)14-16-28(26)32-19-22-9-6-5-7-10-22;1-2/h5-18H,3-4,19H2,1-2H3;1-2H3. The number of ether oxygens (including phenoxy) is 2. The van der Waals surface area contributed by atoms with E-state index in [2.05, 4.69) is 11.1 Å². The molecular formula is C30H32FNO2. The van der Waals surface area contributed by atoms with Gasteiger partial charge in [0.25, 0.3) is 0 Å². The maximum atomic E-state index is 14.3. The number of aromatic nitrogens is 1. The molecule has 0 saturated carbocycles. The summed E-state index contributed by atoms with van der Waals surface area (Å²) in [5.74, 6) is 0.943. The van der Waals surface area contributed by atoms with Crippen LogP contribution < -0.4 is 4.74 Å². The minimum atomic E-state index is -0.309. The highest BCUT2D eigenvalue weighted by Gasteiger charge is 2.16. The van der Waals surface area contributed by atoms with Crippen LogP contribution in [0.5, 0.6) is 5.75 Å². The number of halogens is 1. The Morgan fingerprint density at radius 3 is 2.41 bits per heavy atom. The van der Waals surface area contributed by atoms with E-state index in [-0.39, 0.29) is 5.82 Å². The molecule has 4 aromatic rings. The molecule has 0 aliphatic heterocycles. The zero-order chi connectivity index (χ0) is 24.5. The SMILES string of the molecule is C=C(OCC)c1cccc(-n2c(C)ccc2-c2cc(F)ccc2OCc2ccccc2)c1.CC. The molecule has 4 heteroatoms. The van der Waals surface area contributed by atoms with E-state index < -0.39 is 0 Å². The monoisotopic (exact) mass is 457 g/mol. The molecule has 1 aromatic heterocycles. The van der Waals surface area contributed by atoms with E-state index in [4.69, 9.17) is 9.47 Å². The molecule has 0 amide bonds. The van der Waals surface area contributed by atoms with Crippen molar-refractivity contribution in [2.75, 3.05) is 6.61 Å². The van der Waals surface area contributed by atoms with Crippen molar-refractivity contribution in [2.24, 2.45) is 0 Å². The highest BCUT2D eigenvalue weighted by molar-refractivity contribution is 5.71. The molecule has 176 valence electrons. The highest BCUT2D eigenvalue weighted by atomic mass is 19.1. The summed E-state index contributed by atoms with van der Waals surface area (Å²) in [5, 5.41) is 0. The van der Waals surface area contributed by atoms with E-state index >= 15 is 0 Å². The van der Waals surface area contributed by atoms with Gasteiger partial charge in [0.1, 0.15) is 23.9 Å². The van der Waals surface area contributed by atoms with Crippen LogP contribution in [0.2, 0.25) is 0 Å². The van der Waals surface area contributed by atoms with Gasteiger partial charge >= 0.3 is 0 Å². The molecular weight excluding hydrogens is 425 g/mol. The normalized spacial score (nSPS) is 10.3. The van der Waals surface area contributed by atoms with Crippen LogP contribution >= 0.6 is 0 Å². The summed E-state index contributed by atoms with van der Waals surface area (Å²) in [6.07, 6.45) is 0. The summed E-state index contributed by atoms with van der Waals surface area (Å²) in [6, 6.07) is 26.6. The Morgan fingerprint density at radius 2 is 1.68 bits per heavy atom. The first-order valence-electron chi connectivity index (χ1n) is 11.6. The van der Waals surface area contributed by atoms with Gasteiger partial charge in [0.2, 0.25) is 0 Å². The van der Waals surface area contributed by atoms with Gasteiger partial charge in [-0.15, -0.1) is 0 Å². The molecule has 0 atom stereocenters. The first kappa shape index (κ1) is 24.8. The summed E-state index contributed by atoms with van der Waals surface area (Å²) in [6.45, 7) is 12.9. The third kappa shape index (κ3) is 5.76. The molecule has 3 aromatic carbocycles. The van der Waals surface area contributed by atoms with E-state index in [0.29, 0.717) is 30.3 Å². The zero-order valence-electron chi connectivity index (χ0n) is 20.3. The molecule has 4 rings (SSSR count). The van der Waals surface area contributed by atoms with Crippen molar-refractivity contribution < 1.29 is 13.9 Å². The number of hydrogen-bond donors (Lipinski definition) is 0. The Labute approximate surface area is 202 Å². The van der Waals surface area contributed by atoms with Gasteiger partial charge in [0, 0.05) is 22.5 Å². The van der Waals surface area contributed by atoms with Crippen LogP contribution in [0.1, 0.15) is 37.6 Å². The van der Waals surface area contributed by atoms with Crippen LogP contribution in [0.3, 0.4) is 0 Å². The average Bonchev–Trinajstić information content (AvgIpc) is 3.26. The van der Waals surface area contributed by atoms with Crippen molar-refractivity contribution in [3.63, 3.8) is 0 Å². The van der Waals surface area contributed by atoms with Crippen LogP contribution in [0.4, 0.5) is 4.39 Å². The van der Waals surface area contributed by atoms with Gasteiger partial charge in [-0.25, -0.2) is 4.39 Å². The molecule has 0 radical (unpaired) electrons. The molecule has 0 spiro atoms. The molecule has 0 aliphatic rings. The van der Waals surface area contributed by atoms with Crippen LogP contribution in [-0.4, -0.2) is 11.2 Å². The van der Waals surface area contributed by atoms with Crippen molar-refractivity contribution in [3.8, 4) is 22.7 Å². The van der Waals surface area contributed by atoms with Crippen LogP contribution in [0.15, 0.2) is 91.5 Å². The Balaban J connectivity index is 0.00000158. The highest BCUT2D eigenvalue weighted by Crippen LogP contribution is 2.35. The molecule has 1 heterocycles. The lowest BCUT2D eigenvalue weighted by molar-refractivity contribution is 0.299. The maximum absolute atomic E-state index is 14.3. The predicted molar refractivity (Wildman–Crippen MR) is 139 cm³/mol. The summed E-state index contributed by atoms with van der Waals surface area (Å²) < 4.78 is 28.1. The lowest BCUT2D eigenvalue weighted by Gasteiger charge is -2.17. The van der Waals surface area contributed by atoms with E-state index in [1.165, 1.54) is 12.1 Å². The van der Waals surface area contributed by atoms with E-state index in [9.17, 15) is 4.39 Å². The molecule has 0 saturated heterocycles. The van der Waals surface area contributed by atoms with Crippen LogP contribution in [0.25, 0.3) is 22.7 Å². The fourth-order valence-corrected chi connectivity index (χ4v) is 3.73. The Bertz CT molecular complexity index is 1230. The summed E-state index contributed by atoms with van der Waals surface area (Å²) in [5.41, 5.74) is 5.48. The predicted octanol–water partition coefficient (Wildman–Crippen LogP) is 8.20. The fraction of sp³-hybridized carbons (Fsp3) is 0.200. The Morgan fingerprint density at radius 1 is 0.912 bits per heavy atom. The fourth-order valence-electron chi connectivity index (χ4n) is 3.73. The summed E-state index contributed by atoms with van der Waals surface area (Å²) in [4.78, 5) is 0. The number of aryl methyl sites for hydroxylation is 1. The second-order valence-corrected chi connectivity index (χ2v) is 7.52. The number of rotatable bonds is 8. The van der Waals surface area contributed by atoms with Gasteiger partial charge in [-0.2, -0.15) is 0 Å². The summed E-state index contributed by atoms with van der Waals surface area (Å²) in [7, 11) is 0. The quantitative estimate of drug-likeness (QED) is 0.249. The minimum absolute atomic E-state index is 0.309. The zero-order valence-corrected chi connectivity index (χ0v) is 20.3. The van der Waals surface area contributed by atoms with Gasteiger partial charge in [-0.3, -0.25) is 0 Å². The first-order chi connectivity index (χ1) is 16.6. The van der Waals surface area contributed by atoms with E-state index in [1.54, 1.807) is 6.07 Å². The maximum Gasteiger partial charge on any atom is 0.129 e. The van der Waals surface area contributed by atoms with Crippen molar-refractivity contribution in [1.29, 1.82) is 0 Å². The van der Waals surface area contributed by atoms with Gasteiger partial charge in [-0.05, 0) is 61.9 Å². The molecule has 0 bridgehead atoms. The first-order valence-corrected chi connectivity index (χ1v) is 11.6. The largest absolute Gasteiger partial charge is 0.494 e. The minimum Gasteiger partial charge on any atom is -0.494 e.